The summed E-state index contributed by atoms with van der Waals surface area (Å²) in [5.41, 5.74) is 4.37. The molecule has 1 amide bonds. The van der Waals surface area contributed by atoms with Crippen LogP contribution in [0.25, 0.3) is 21.5 Å². The molecule has 0 spiro atoms. The zero-order valence-corrected chi connectivity index (χ0v) is 14.2. The number of rotatable bonds is 3. The summed E-state index contributed by atoms with van der Waals surface area (Å²) in [6.45, 7) is 0.596. The van der Waals surface area contributed by atoms with Gasteiger partial charge in [0.05, 0.1) is 0 Å². The molecule has 0 radical (unpaired) electrons. The van der Waals surface area contributed by atoms with E-state index < -0.39 is 0 Å². The average Bonchev–Trinajstić information content (AvgIpc) is 3.04. The molecule has 8 heteroatoms. The minimum atomic E-state index is -0.356. The van der Waals surface area contributed by atoms with Gasteiger partial charge in [0, 0.05) is 0 Å². The Bertz CT molecular complexity index is 1030. The number of aromatic nitrogens is 4. The van der Waals surface area contributed by atoms with Crippen molar-refractivity contribution in [3.05, 3.63) is 24.0 Å². The molecule has 2 fully saturated rings. The van der Waals surface area contributed by atoms with Gasteiger partial charge in [0.15, 0.2) is 0 Å². The second-order valence-corrected chi connectivity index (χ2v) is 7.32. The van der Waals surface area contributed by atoms with E-state index in [1.807, 2.05) is 23.1 Å². The monoisotopic (exact) mass is 347 g/mol. The van der Waals surface area contributed by atoms with Crippen LogP contribution in [0.5, 0.6) is 0 Å². The zero-order chi connectivity index (χ0) is 17.0. The van der Waals surface area contributed by atoms with Crippen LogP contribution in [-0.2, 0) is 4.79 Å². The molecule has 1 aliphatic heterocycles. The van der Waals surface area contributed by atoms with Gasteiger partial charge in [0.1, 0.15) is 0 Å². The second kappa shape index (κ2) is 5.54. The molecule has 1 aliphatic carbocycles. The maximum absolute atomic E-state index is 12.6. The first kappa shape index (κ1) is 14.9. The van der Waals surface area contributed by atoms with Crippen molar-refractivity contribution >= 4 is 40.6 Å². The molecule has 1 atom stereocenters. The van der Waals surface area contributed by atoms with Crippen molar-refractivity contribution in [1.29, 1.82) is 0 Å². The maximum atomic E-state index is 12.6. The first-order chi connectivity index (χ1) is 12.2. The molecule has 3 aromatic heterocycles. The first-order valence-electron chi connectivity index (χ1n) is 8.31. The Morgan fingerprint density at radius 3 is 2.96 bits per heavy atom. The Hall–Kier alpha value is -2.44. The standard InChI is InChI=1S/C17H14BN5OS/c18-6-10-3-4-22(17(10)24)16-15-14(19-9-25-15)5-13(21-16)11-7-20-23(8-11)12-1-2-12/h5,7-10,12H,1-4H2. The van der Waals surface area contributed by atoms with Crippen molar-refractivity contribution < 1.29 is 4.79 Å². The number of carbonyl (C=O) groups excluding carboxylic acids is 1. The van der Waals surface area contributed by atoms with Gasteiger partial charge in [0.2, 0.25) is 0 Å². The van der Waals surface area contributed by atoms with Crippen molar-refractivity contribution in [2.75, 3.05) is 11.4 Å². The van der Waals surface area contributed by atoms with Crippen molar-refractivity contribution in [2.24, 2.45) is 5.92 Å². The number of pyridine rings is 1. The minimum absolute atomic E-state index is 0.0458. The molecule has 0 aromatic carbocycles. The fourth-order valence-corrected chi connectivity index (χ4v) is 4.00. The molecule has 2 aliphatic rings. The van der Waals surface area contributed by atoms with Crippen LogP contribution in [0.2, 0.25) is 0 Å². The van der Waals surface area contributed by atoms with Crippen LogP contribution in [-0.4, -0.2) is 39.5 Å². The number of amides is 1. The van der Waals surface area contributed by atoms with Crippen LogP contribution in [0.3, 0.4) is 0 Å². The average molecular weight is 347 g/mol. The van der Waals surface area contributed by atoms with Crippen molar-refractivity contribution in [3.63, 3.8) is 0 Å². The van der Waals surface area contributed by atoms with Crippen molar-refractivity contribution in [3.8, 4) is 17.1 Å². The Morgan fingerprint density at radius 2 is 2.20 bits per heavy atom. The molecule has 122 valence electrons. The number of hydrogen-bond donors (Lipinski definition) is 0. The van der Waals surface area contributed by atoms with Gasteiger partial charge in [-0.15, -0.1) is 0 Å². The number of fused-ring (bicyclic) bond motifs is 1. The van der Waals surface area contributed by atoms with Crippen LogP contribution in [0, 0.1) is 11.7 Å². The van der Waals surface area contributed by atoms with Crippen LogP contribution in [0.15, 0.2) is 24.0 Å². The van der Waals surface area contributed by atoms with Crippen molar-refractivity contribution in [2.45, 2.75) is 25.3 Å². The molecule has 6 nitrogen and oxygen atoms in total. The van der Waals surface area contributed by atoms with Gasteiger partial charge in [0.25, 0.3) is 0 Å². The third-order valence-electron chi connectivity index (χ3n) is 4.78. The summed E-state index contributed by atoms with van der Waals surface area (Å²) in [6, 6.07) is 2.48. The van der Waals surface area contributed by atoms with Gasteiger partial charge < -0.3 is 0 Å². The third-order valence-corrected chi connectivity index (χ3v) is 5.62. The normalized spacial score (nSPS) is 20.5. The van der Waals surface area contributed by atoms with Gasteiger partial charge in [-0.25, -0.2) is 0 Å². The molecule has 5 rings (SSSR count). The number of nitrogens with zero attached hydrogens (tertiary/aromatic N) is 5. The summed E-state index contributed by atoms with van der Waals surface area (Å²) >= 11 is 1.50. The fraction of sp³-hybridized carbons (Fsp3) is 0.353. The van der Waals surface area contributed by atoms with Gasteiger partial charge >= 0.3 is 149 Å². The molecule has 0 N–H and O–H groups in total. The van der Waals surface area contributed by atoms with E-state index in [-0.39, 0.29) is 11.8 Å². The number of anilines is 1. The summed E-state index contributed by atoms with van der Waals surface area (Å²) in [4.78, 5) is 23.5. The molecule has 3 aromatic rings. The van der Waals surface area contributed by atoms with Crippen LogP contribution in [0.1, 0.15) is 25.3 Å². The molecule has 4 heterocycles. The Balaban J connectivity index is 1.61. The van der Waals surface area contributed by atoms with Gasteiger partial charge in [-0.05, 0) is 0 Å². The summed E-state index contributed by atoms with van der Waals surface area (Å²) in [5, 5.41) is 4.44. The van der Waals surface area contributed by atoms with E-state index in [1.54, 1.807) is 10.4 Å². The van der Waals surface area contributed by atoms with E-state index in [9.17, 15) is 4.79 Å². The second-order valence-electron chi connectivity index (χ2n) is 6.47. The van der Waals surface area contributed by atoms with E-state index >= 15 is 0 Å². The van der Waals surface area contributed by atoms with Gasteiger partial charge in [-0.2, -0.15) is 0 Å². The van der Waals surface area contributed by atoms with E-state index in [2.05, 4.69) is 15.9 Å². The molecule has 0 bridgehead atoms. The fourth-order valence-electron chi connectivity index (χ4n) is 3.24. The van der Waals surface area contributed by atoms with Gasteiger partial charge in [-0.1, -0.05) is 0 Å². The zero-order valence-electron chi connectivity index (χ0n) is 13.4. The van der Waals surface area contributed by atoms with E-state index in [4.69, 9.17) is 12.3 Å². The van der Waals surface area contributed by atoms with Crippen LogP contribution in [0.4, 0.5) is 5.82 Å². The Kier molecular flexibility index (Phi) is 3.30. The summed E-state index contributed by atoms with van der Waals surface area (Å²) in [7, 11) is 5.48. The summed E-state index contributed by atoms with van der Waals surface area (Å²) < 4.78 is 2.92. The first-order valence-corrected chi connectivity index (χ1v) is 9.19. The SMILES string of the molecule is B#CC1CCN(c2nc(-c3cnn(C4CC4)c3)cc3ncsc23)C1=O. The van der Waals surface area contributed by atoms with Crippen LogP contribution >= 0.6 is 11.3 Å². The van der Waals surface area contributed by atoms with Gasteiger partial charge in [-0.3, -0.25) is 0 Å². The third kappa shape index (κ3) is 2.41. The van der Waals surface area contributed by atoms with E-state index in [1.165, 1.54) is 24.2 Å². The molecular formula is C17H14BN5OS. The van der Waals surface area contributed by atoms with E-state index in [0.29, 0.717) is 24.8 Å². The van der Waals surface area contributed by atoms with Crippen molar-refractivity contribution in [1.82, 2.24) is 19.7 Å². The topological polar surface area (TPSA) is 63.9 Å². The predicted molar refractivity (Wildman–Crippen MR) is 97.0 cm³/mol. The summed E-state index contributed by atoms with van der Waals surface area (Å²) in [6.07, 6.45) is 6.89. The predicted octanol–water partition coefficient (Wildman–Crippen LogP) is 2.37. The molecule has 1 unspecified atom stereocenters. The quantitative estimate of drug-likeness (QED) is 0.683. The molecule has 25 heavy (non-hydrogen) atoms. The number of thiazole rings is 1. The van der Waals surface area contributed by atoms with E-state index in [0.717, 1.165) is 21.5 Å². The molecule has 1 saturated carbocycles. The van der Waals surface area contributed by atoms with Crippen LogP contribution < -0.4 is 4.90 Å². The Morgan fingerprint density at radius 1 is 1.32 bits per heavy atom. The summed E-state index contributed by atoms with van der Waals surface area (Å²) in [5.74, 6) is 2.84. The number of carbonyl (C=O) groups is 1. The molecular weight excluding hydrogens is 333 g/mol. The molecule has 1 saturated heterocycles. The number of hydrogen-bond acceptors (Lipinski definition) is 5. The Labute approximate surface area is 149 Å².